The van der Waals surface area contributed by atoms with Crippen LogP contribution in [-0.2, 0) is 6.42 Å². The maximum absolute atomic E-state index is 11.8. The van der Waals surface area contributed by atoms with Gasteiger partial charge in [-0.15, -0.1) is 0 Å². The van der Waals surface area contributed by atoms with Gasteiger partial charge in [0.25, 0.3) is 0 Å². The van der Waals surface area contributed by atoms with Gasteiger partial charge in [0.15, 0.2) is 5.78 Å². The number of rotatable bonds is 2. The van der Waals surface area contributed by atoms with Crippen molar-refractivity contribution < 1.29 is 9.53 Å². The van der Waals surface area contributed by atoms with Crippen molar-refractivity contribution >= 4 is 5.78 Å². The number of carbonyl (C=O) groups excluding carboxylic acids is 1. The summed E-state index contributed by atoms with van der Waals surface area (Å²) in [7, 11) is 0. The molecule has 0 radical (unpaired) electrons. The van der Waals surface area contributed by atoms with E-state index in [9.17, 15) is 4.79 Å². The van der Waals surface area contributed by atoms with Gasteiger partial charge in [0, 0.05) is 17.9 Å². The number of ether oxygens (including phenoxy) is 1. The number of ketones is 1. The molecule has 2 aliphatic rings. The fourth-order valence-electron chi connectivity index (χ4n) is 2.16. The average Bonchev–Trinajstić information content (AvgIpc) is 2.98. The Morgan fingerprint density at radius 3 is 2.93 bits per heavy atom. The summed E-state index contributed by atoms with van der Waals surface area (Å²) in [5.41, 5.74) is 2.06. The summed E-state index contributed by atoms with van der Waals surface area (Å²) in [5, 5.41) is 0. The highest BCUT2D eigenvalue weighted by atomic mass is 16.5. The molecule has 3 rings (SSSR count). The van der Waals surface area contributed by atoms with Crippen LogP contribution in [0.3, 0.4) is 0 Å². The standard InChI is InChI=1S/C13H14O2/c1-8-6-11-7-10(4-5-12(11)15-8)13(14)9-2-3-9/h4-5,7-9H,2-3,6H2,1H3. The molecule has 0 spiro atoms. The lowest BCUT2D eigenvalue weighted by atomic mass is 10.0. The molecule has 0 N–H and O–H groups in total. The van der Waals surface area contributed by atoms with Gasteiger partial charge in [0.05, 0.1) is 0 Å². The SMILES string of the molecule is CC1Cc2cc(C(=O)C3CC3)ccc2O1. The summed E-state index contributed by atoms with van der Waals surface area (Å²) in [5.74, 6) is 1.58. The van der Waals surface area contributed by atoms with Gasteiger partial charge in [-0.3, -0.25) is 4.79 Å². The third-order valence-electron chi connectivity index (χ3n) is 3.13. The van der Waals surface area contributed by atoms with Crippen LogP contribution in [0, 0.1) is 5.92 Å². The maximum Gasteiger partial charge on any atom is 0.165 e. The zero-order valence-corrected chi connectivity index (χ0v) is 8.82. The lowest BCUT2D eigenvalue weighted by Gasteiger charge is -2.03. The third kappa shape index (κ3) is 1.54. The second kappa shape index (κ2) is 3.09. The summed E-state index contributed by atoms with van der Waals surface area (Å²) in [4.78, 5) is 11.8. The predicted octanol–water partition coefficient (Wildman–Crippen LogP) is 2.60. The van der Waals surface area contributed by atoms with E-state index < -0.39 is 0 Å². The van der Waals surface area contributed by atoms with Crippen LogP contribution in [0.5, 0.6) is 5.75 Å². The predicted molar refractivity (Wildman–Crippen MR) is 57.3 cm³/mol. The molecule has 1 unspecified atom stereocenters. The van der Waals surface area contributed by atoms with Crippen molar-refractivity contribution in [3.8, 4) is 5.75 Å². The molecule has 0 saturated heterocycles. The van der Waals surface area contributed by atoms with E-state index in [1.807, 2.05) is 18.2 Å². The van der Waals surface area contributed by atoms with Crippen molar-refractivity contribution in [2.24, 2.45) is 5.92 Å². The molecule has 0 bridgehead atoms. The normalized spacial score (nSPS) is 23.4. The Bertz CT molecular complexity index is 419. The molecule has 1 saturated carbocycles. The molecule has 1 fully saturated rings. The van der Waals surface area contributed by atoms with E-state index in [2.05, 4.69) is 6.92 Å². The Morgan fingerprint density at radius 2 is 2.20 bits per heavy atom. The van der Waals surface area contributed by atoms with E-state index in [1.165, 1.54) is 5.56 Å². The van der Waals surface area contributed by atoms with E-state index in [1.54, 1.807) is 0 Å². The summed E-state index contributed by atoms with van der Waals surface area (Å²) >= 11 is 0. The van der Waals surface area contributed by atoms with Crippen molar-refractivity contribution in [1.82, 2.24) is 0 Å². The monoisotopic (exact) mass is 202 g/mol. The van der Waals surface area contributed by atoms with Crippen molar-refractivity contribution in [3.05, 3.63) is 29.3 Å². The van der Waals surface area contributed by atoms with Crippen molar-refractivity contribution in [2.45, 2.75) is 32.3 Å². The second-order valence-electron chi connectivity index (χ2n) is 4.59. The van der Waals surface area contributed by atoms with Gasteiger partial charge in [-0.25, -0.2) is 0 Å². The third-order valence-corrected chi connectivity index (χ3v) is 3.13. The van der Waals surface area contributed by atoms with Crippen LogP contribution in [0.15, 0.2) is 18.2 Å². The Hall–Kier alpha value is -1.31. The molecule has 78 valence electrons. The number of Topliss-reactive ketones (excluding diaryl/α,β-unsaturated/α-hetero) is 1. The molecule has 1 heterocycles. The summed E-state index contributed by atoms with van der Waals surface area (Å²) in [6.07, 6.45) is 3.33. The molecule has 1 aromatic rings. The highest BCUT2D eigenvalue weighted by Gasteiger charge is 2.31. The van der Waals surface area contributed by atoms with Gasteiger partial charge in [-0.1, -0.05) is 0 Å². The number of hydrogen-bond donors (Lipinski definition) is 0. The highest BCUT2D eigenvalue weighted by molar-refractivity contribution is 5.99. The van der Waals surface area contributed by atoms with Gasteiger partial charge in [-0.2, -0.15) is 0 Å². The van der Waals surface area contributed by atoms with Gasteiger partial charge in [-0.05, 0) is 43.5 Å². The Morgan fingerprint density at radius 1 is 1.40 bits per heavy atom. The topological polar surface area (TPSA) is 26.3 Å². The van der Waals surface area contributed by atoms with E-state index in [4.69, 9.17) is 4.74 Å². The first-order chi connectivity index (χ1) is 7.24. The largest absolute Gasteiger partial charge is 0.490 e. The van der Waals surface area contributed by atoms with Gasteiger partial charge in [0.1, 0.15) is 11.9 Å². The maximum atomic E-state index is 11.8. The second-order valence-corrected chi connectivity index (χ2v) is 4.59. The van der Waals surface area contributed by atoms with Crippen molar-refractivity contribution in [2.75, 3.05) is 0 Å². The minimum Gasteiger partial charge on any atom is -0.490 e. The highest BCUT2D eigenvalue weighted by Crippen LogP contribution is 2.35. The number of hydrogen-bond acceptors (Lipinski definition) is 2. The van der Waals surface area contributed by atoms with Crippen molar-refractivity contribution in [3.63, 3.8) is 0 Å². The quantitative estimate of drug-likeness (QED) is 0.689. The molecule has 0 amide bonds. The smallest absolute Gasteiger partial charge is 0.165 e. The molecule has 0 aromatic heterocycles. The Balaban J connectivity index is 1.92. The van der Waals surface area contributed by atoms with Crippen LogP contribution in [0.2, 0.25) is 0 Å². The van der Waals surface area contributed by atoms with Crippen LogP contribution in [0.4, 0.5) is 0 Å². The summed E-state index contributed by atoms with van der Waals surface area (Å²) < 4.78 is 5.61. The summed E-state index contributed by atoms with van der Waals surface area (Å²) in [6, 6.07) is 5.85. The first-order valence-corrected chi connectivity index (χ1v) is 5.58. The van der Waals surface area contributed by atoms with Crippen LogP contribution < -0.4 is 4.74 Å². The first-order valence-electron chi connectivity index (χ1n) is 5.58. The Labute approximate surface area is 89.2 Å². The molecule has 2 nitrogen and oxygen atoms in total. The molecule has 2 heteroatoms. The molecule has 1 aromatic carbocycles. The van der Waals surface area contributed by atoms with Crippen LogP contribution >= 0.6 is 0 Å². The fourth-order valence-corrected chi connectivity index (χ4v) is 2.16. The number of fused-ring (bicyclic) bond motifs is 1. The van der Waals surface area contributed by atoms with E-state index in [0.717, 1.165) is 30.6 Å². The molecular formula is C13H14O2. The fraction of sp³-hybridized carbons (Fsp3) is 0.462. The minimum absolute atomic E-state index is 0.256. The zero-order valence-electron chi connectivity index (χ0n) is 8.82. The van der Waals surface area contributed by atoms with Crippen molar-refractivity contribution in [1.29, 1.82) is 0 Å². The Kier molecular flexibility index (Phi) is 1.84. The number of benzene rings is 1. The van der Waals surface area contributed by atoms with E-state index in [-0.39, 0.29) is 6.10 Å². The zero-order chi connectivity index (χ0) is 10.4. The van der Waals surface area contributed by atoms with Gasteiger partial charge in [0.2, 0.25) is 0 Å². The van der Waals surface area contributed by atoms with Crippen LogP contribution in [-0.4, -0.2) is 11.9 Å². The van der Waals surface area contributed by atoms with Crippen LogP contribution in [0.25, 0.3) is 0 Å². The first kappa shape index (κ1) is 8.96. The molecule has 1 aliphatic heterocycles. The lowest BCUT2D eigenvalue weighted by Crippen LogP contribution is -2.05. The van der Waals surface area contributed by atoms with Crippen LogP contribution in [0.1, 0.15) is 35.7 Å². The number of carbonyl (C=O) groups is 1. The van der Waals surface area contributed by atoms with Gasteiger partial charge < -0.3 is 4.74 Å². The lowest BCUT2D eigenvalue weighted by molar-refractivity contribution is 0.0967. The average molecular weight is 202 g/mol. The summed E-state index contributed by atoms with van der Waals surface area (Å²) in [6.45, 7) is 2.06. The molecular weight excluding hydrogens is 188 g/mol. The van der Waals surface area contributed by atoms with E-state index >= 15 is 0 Å². The van der Waals surface area contributed by atoms with Gasteiger partial charge >= 0.3 is 0 Å². The van der Waals surface area contributed by atoms with E-state index in [0.29, 0.717) is 11.7 Å². The molecule has 15 heavy (non-hydrogen) atoms. The molecule has 1 atom stereocenters. The molecule has 1 aliphatic carbocycles. The minimum atomic E-state index is 0.256.